The number of carbonyl (C=O) groups excluding carboxylic acids is 1. The number of hydrogen-bond donors (Lipinski definition) is 1. The fraction of sp³-hybridized carbons (Fsp3) is 0.467. The van der Waals surface area contributed by atoms with Crippen molar-refractivity contribution in [3.05, 3.63) is 35.4 Å². The second-order valence-electron chi connectivity index (χ2n) is 5.12. The Bertz CT molecular complexity index is 557. The Morgan fingerprint density at radius 1 is 1.18 bits per heavy atom. The first kappa shape index (κ1) is 15.7. The van der Waals surface area contributed by atoms with Crippen LogP contribution < -0.4 is 0 Å². The van der Waals surface area contributed by atoms with Gasteiger partial charge in [-0.2, -0.15) is 0 Å². The molecule has 1 N–H and O–H groups in total. The molecular weight excluding hydrogens is 322 g/mol. The zero-order valence-electron chi connectivity index (χ0n) is 11.9. The van der Waals surface area contributed by atoms with E-state index in [9.17, 15) is 14.7 Å². The van der Waals surface area contributed by atoms with Crippen molar-refractivity contribution in [2.24, 2.45) is 0 Å². The molecule has 1 unspecified atom stereocenters. The number of nitrogens with zero attached hydrogens (tertiary/aromatic N) is 1. The average Bonchev–Trinajstić information content (AvgIpc) is 3.09. The van der Waals surface area contributed by atoms with Crippen LogP contribution >= 0.6 is 23.5 Å². The fourth-order valence-corrected chi connectivity index (χ4v) is 5.41. The van der Waals surface area contributed by atoms with Gasteiger partial charge < -0.3 is 14.7 Å². The normalized spacial score (nSPS) is 22.7. The Kier molecular flexibility index (Phi) is 4.95. The van der Waals surface area contributed by atoms with Gasteiger partial charge in [-0.05, 0) is 17.7 Å². The Labute approximate surface area is 137 Å². The summed E-state index contributed by atoms with van der Waals surface area (Å²) in [5.74, 6) is 1.05. The van der Waals surface area contributed by atoms with Gasteiger partial charge in [-0.15, -0.1) is 23.5 Å². The molecule has 2 heterocycles. The summed E-state index contributed by atoms with van der Waals surface area (Å²) in [4.78, 5) is 25.2. The first-order chi connectivity index (χ1) is 10.7. The average molecular weight is 339 g/mol. The fourth-order valence-electron chi connectivity index (χ4n) is 2.55. The van der Waals surface area contributed by atoms with E-state index >= 15 is 0 Å². The van der Waals surface area contributed by atoms with Crippen molar-refractivity contribution in [1.82, 2.24) is 4.90 Å². The molecule has 22 heavy (non-hydrogen) atoms. The van der Waals surface area contributed by atoms with E-state index in [0.29, 0.717) is 23.3 Å². The van der Waals surface area contributed by atoms with E-state index in [4.69, 9.17) is 4.74 Å². The zero-order chi connectivity index (χ0) is 15.5. The van der Waals surface area contributed by atoms with Crippen LogP contribution in [0.25, 0.3) is 0 Å². The van der Waals surface area contributed by atoms with Crippen molar-refractivity contribution in [1.29, 1.82) is 0 Å². The van der Waals surface area contributed by atoms with E-state index in [1.165, 1.54) is 10.5 Å². The maximum atomic E-state index is 12.5. The first-order valence-corrected chi connectivity index (χ1v) is 9.21. The van der Waals surface area contributed by atoms with Crippen molar-refractivity contribution >= 4 is 35.4 Å². The minimum Gasteiger partial charge on any atom is -0.480 e. The van der Waals surface area contributed by atoms with Crippen LogP contribution in [0.1, 0.15) is 20.5 Å². The summed E-state index contributed by atoms with van der Waals surface area (Å²) in [6, 6.07) is 6.64. The topological polar surface area (TPSA) is 66.8 Å². The third kappa shape index (κ3) is 3.26. The Balaban J connectivity index is 1.74. The Morgan fingerprint density at radius 2 is 1.86 bits per heavy atom. The second-order valence-corrected chi connectivity index (χ2v) is 7.85. The van der Waals surface area contributed by atoms with Gasteiger partial charge in [-0.1, -0.05) is 12.1 Å². The number of amides is 1. The summed E-state index contributed by atoms with van der Waals surface area (Å²) in [7, 11) is 0. The largest absolute Gasteiger partial charge is 0.480 e. The molecule has 118 valence electrons. The quantitative estimate of drug-likeness (QED) is 0.910. The summed E-state index contributed by atoms with van der Waals surface area (Å²) >= 11 is 3.83. The number of carboxylic acid groups (broad SMARTS) is 1. The number of carbonyl (C=O) groups is 2. The van der Waals surface area contributed by atoms with Gasteiger partial charge in [-0.3, -0.25) is 4.79 Å². The van der Waals surface area contributed by atoms with Gasteiger partial charge in [0.1, 0.15) is 0 Å². The molecule has 0 saturated carbocycles. The molecular formula is C15H17NO4S2. The Morgan fingerprint density at radius 3 is 2.50 bits per heavy atom. The van der Waals surface area contributed by atoms with Gasteiger partial charge in [0.05, 0.1) is 17.8 Å². The molecule has 2 saturated heterocycles. The minimum atomic E-state index is -1.02. The van der Waals surface area contributed by atoms with E-state index in [1.807, 2.05) is 35.7 Å². The minimum absolute atomic E-state index is 0.0501. The van der Waals surface area contributed by atoms with Crippen LogP contribution in [0, 0.1) is 0 Å². The number of ether oxygens (including phenoxy) is 1. The number of benzene rings is 1. The number of rotatable bonds is 3. The number of morpholine rings is 1. The molecule has 0 bridgehead atoms. The van der Waals surface area contributed by atoms with E-state index < -0.39 is 12.0 Å². The Hall–Kier alpha value is -1.18. The molecule has 1 aromatic carbocycles. The lowest BCUT2D eigenvalue weighted by Crippen LogP contribution is -2.52. The van der Waals surface area contributed by atoms with Crippen LogP contribution in [0.4, 0.5) is 0 Å². The highest BCUT2D eigenvalue weighted by Gasteiger charge is 2.33. The van der Waals surface area contributed by atoms with Crippen LogP contribution in [0.2, 0.25) is 0 Å². The molecule has 2 fully saturated rings. The van der Waals surface area contributed by atoms with Crippen molar-refractivity contribution in [3.63, 3.8) is 0 Å². The maximum Gasteiger partial charge on any atom is 0.328 e. The summed E-state index contributed by atoms with van der Waals surface area (Å²) in [6.07, 6.45) is 0. The first-order valence-electron chi connectivity index (χ1n) is 7.11. The molecule has 0 radical (unpaired) electrons. The van der Waals surface area contributed by atoms with Crippen LogP contribution in [-0.4, -0.2) is 59.2 Å². The molecule has 5 nitrogen and oxygen atoms in total. The molecule has 0 aromatic heterocycles. The van der Waals surface area contributed by atoms with Crippen LogP contribution in [0.3, 0.4) is 0 Å². The summed E-state index contributed by atoms with van der Waals surface area (Å²) in [6.45, 7) is 0.739. The number of aliphatic carboxylic acids is 1. The molecule has 0 aliphatic carbocycles. The monoisotopic (exact) mass is 339 g/mol. The molecule has 0 spiro atoms. The molecule has 2 aliphatic heterocycles. The van der Waals surface area contributed by atoms with Crippen molar-refractivity contribution in [3.8, 4) is 0 Å². The van der Waals surface area contributed by atoms with E-state index in [2.05, 4.69) is 0 Å². The smallest absolute Gasteiger partial charge is 0.328 e. The SMILES string of the molecule is O=C(O)C1COCCN1C(=O)c1ccc(C2SCCS2)cc1. The lowest BCUT2D eigenvalue weighted by atomic mass is 10.1. The summed E-state index contributed by atoms with van der Waals surface area (Å²) in [5, 5.41) is 9.21. The molecule has 1 amide bonds. The molecule has 1 atom stereocenters. The lowest BCUT2D eigenvalue weighted by molar-refractivity contribution is -0.147. The van der Waals surface area contributed by atoms with E-state index in [1.54, 1.807) is 12.1 Å². The van der Waals surface area contributed by atoms with Crippen molar-refractivity contribution in [2.45, 2.75) is 10.6 Å². The predicted octanol–water partition coefficient (Wildman–Crippen LogP) is 2.09. The third-order valence-electron chi connectivity index (χ3n) is 3.73. The summed E-state index contributed by atoms with van der Waals surface area (Å²) < 4.78 is 5.61. The highest BCUT2D eigenvalue weighted by Crippen LogP contribution is 2.45. The van der Waals surface area contributed by atoms with Gasteiger partial charge in [-0.25, -0.2) is 4.79 Å². The molecule has 1 aromatic rings. The van der Waals surface area contributed by atoms with Gasteiger partial charge in [0.15, 0.2) is 6.04 Å². The van der Waals surface area contributed by atoms with Gasteiger partial charge in [0, 0.05) is 23.6 Å². The molecule has 3 rings (SSSR count). The lowest BCUT2D eigenvalue weighted by Gasteiger charge is -2.32. The van der Waals surface area contributed by atoms with Crippen LogP contribution in [0.15, 0.2) is 24.3 Å². The predicted molar refractivity (Wildman–Crippen MR) is 87.4 cm³/mol. The number of hydrogen-bond acceptors (Lipinski definition) is 5. The van der Waals surface area contributed by atoms with Gasteiger partial charge in [0.2, 0.25) is 0 Å². The standard InChI is InChI=1S/C15H17NO4S2/c17-13(16-5-6-20-9-12(16)14(18)19)10-1-3-11(4-2-10)15-21-7-8-22-15/h1-4,12,15H,5-9H2,(H,18,19). The zero-order valence-corrected chi connectivity index (χ0v) is 13.6. The number of thioether (sulfide) groups is 2. The highest BCUT2D eigenvalue weighted by atomic mass is 32.2. The van der Waals surface area contributed by atoms with Gasteiger partial charge in [0.25, 0.3) is 5.91 Å². The highest BCUT2D eigenvalue weighted by molar-refractivity contribution is 8.19. The van der Waals surface area contributed by atoms with Gasteiger partial charge >= 0.3 is 5.97 Å². The summed E-state index contributed by atoms with van der Waals surface area (Å²) in [5.41, 5.74) is 1.74. The maximum absolute atomic E-state index is 12.5. The van der Waals surface area contributed by atoms with E-state index in [-0.39, 0.29) is 12.5 Å². The number of carboxylic acids is 1. The molecule has 7 heteroatoms. The second kappa shape index (κ2) is 6.93. The van der Waals surface area contributed by atoms with Crippen molar-refractivity contribution in [2.75, 3.05) is 31.3 Å². The molecule has 2 aliphatic rings. The van der Waals surface area contributed by atoms with Crippen LogP contribution in [0.5, 0.6) is 0 Å². The van der Waals surface area contributed by atoms with Crippen LogP contribution in [-0.2, 0) is 9.53 Å². The third-order valence-corrected chi connectivity index (χ3v) is 6.83. The van der Waals surface area contributed by atoms with Crippen molar-refractivity contribution < 1.29 is 19.4 Å². The van der Waals surface area contributed by atoms with E-state index in [0.717, 1.165) is 11.5 Å².